The van der Waals surface area contributed by atoms with Gasteiger partial charge in [0.2, 0.25) is 11.8 Å². The van der Waals surface area contributed by atoms with Crippen LogP contribution in [0.4, 0.5) is 11.4 Å². The fraction of sp³-hybridized carbons (Fsp3) is 0.333. The Hall–Kier alpha value is -1.81. The van der Waals surface area contributed by atoms with Gasteiger partial charge in [-0.3, -0.25) is 14.9 Å². The van der Waals surface area contributed by atoms with Crippen LogP contribution in [0.1, 0.15) is 13.0 Å². The quantitative estimate of drug-likeness (QED) is 0.685. The van der Waals surface area contributed by atoms with Crippen molar-refractivity contribution in [2.75, 3.05) is 22.3 Å². The number of thioether (sulfide) groups is 1. The summed E-state index contributed by atoms with van der Waals surface area (Å²) in [6, 6.07) is 6.40. The first-order valence-electron chi connectivity index (χ1n) is 7.50. The summed E-state index contributed by atoms with van der Waals surface area (Å²) >= 11 is 1.70. The summed E-state index contributed by atoms with van der Waals surface area (Å²) in [4.78, 5) is 28.0. The van der Waals surface area contributed by atoms with Gasteiger partial charge in [-0.15, -0.1) is 36.6 Å². The Morgan fingerprint density at radius 2 is 1.88 bits per heavy atom. The number of halogens is 2. The first-order chi connectivity index (χ1) is 11.6. The monoisotopic (exact) mass is 418 g/mol. The second kappa shape index (κ2) is 10.4. The molecule has 1 fully saturated rings. The van der Waals surface area contributed by atoms with Crippen LogP contribution in [-0.4, -0.2) is 44.3 Å². The fourth-order valence-corrected chi connectivity index (χ4v) is 3.16. The van der Waals surface area contributed by atoms with Gasteiger partial charge < -0.3 is 10.6 Å². The second-order valence-electron chi connectivity index (χ2n) is 5.38. The van der Waals surface area contributed by atoms with Crippen LogP contribution in [0.5, 0.6) is 0 Å². The predicted octanol–water partition coefficient (Wildman–Crippen LogP) is 1.92. The third kappa shape index (κ3) is 5.60. The van der Waals surface area contributed by atoms with Crippen molar-refractivity contribution in [1.82, 2.24) is 20.1 Å². The van der Waals surface area contributed by atoms with E-state index >= 15 is 0 Å². The largest absolute Gasteiger partial charge is 0.325 e. The number of carbonyl (C=O) groups excluding carboxylic acids is 2. The molecule has 2 amide bonds. The van der Waals surface area contributed by atoms with Crippen LogP contribution in [-0.2, 0) is 9.59 Å². The lowest BCUT2D eigenvalue weighted by molar-refractivity contribution is -0.119. The van der Waals surface area contributed by atoms with Crippen molar-refractivity contribution in [1.29, 1.82) is 0 Å². The fourth-order valence-electron chi connectivity index (χ4n) is 2.21. The number of nitrogens with one attached hydrogen (secondary N) is 3. The van der Waals surface area contributed by atoms with Crippen LogP contribution in [0, 0.1) is 0 Å². The molecular weight excluding hydrogens is 399 g/mol. The van der Waals surface area contributed by atoms with E-state index in [0.29, 0.717) is 11.4 Å². The number of nitrogens with zero attached hydrogens (tertiary/aromatic N) is 3. The average Bonchev–Trinajstić information content (AvgIpc) is 3.29. The van der Waals surface area contributed by atoms with Gasteiger partial charge in [-0.25, -0.2) is 9.67 Å². The van der Waals surface area contributed by atoms with E-state index in [9.17, 15) is 9.59 Å². The molecule has 1 saturated heterocycles. The zero-order valence-corrected chi connectivity index (χ0v) is 16.4. The zero-order chi connectivity index (χ0) is 16.9. The molecule has 1 aromatic carbocycles. The molecular formula is C15H20Cl2N6O2S. The van der Waals surface area contributed by atoms with Gasteiger partial charge in [-0.05, 0) is 31.2 Å². The maximum absolute atomic E-state index is 12.2. The van der Waals surface area contributed by atoms with Gasteiger partial charge in [0.15, 0.2) is 0 Å². The molecule has 1 aliphatic rings. The van der Waals surface area contributed by atoms with Crippen LogP contribution in [0.25, 0.3) is 0 Å². The summed E-state index contributed by atoms with van der Waals surface area (Å²) in [7, 11) is 0. The summed E-state index contributed by atoms with van der Waals surface area (Å²) in [5.74, 6) is 1.34. The van der Waals surface area contributed by atoms with Gasteiger partial charge in [0.25, 0.3) is 0 Å². The smallest absolute Gasteiger partial charge is 0.249 e. The lowest BCUT2D eigenvalue weighted by Gasteiger charge is -2.13. The van der Waals surface area contributed by atoms with Crippen molar-refractivity contribution in [2.45, 2.75) is 19.0 Å². The molecule has 2 aromatic rings. The Kier molecular flexibility index (Phi) is 8.86. The highest BCUT2D eigenvalue weighted by Gasteiger charge is 2.22. The molecule has 8 nitrogen and oxygen atoms in total. The second-order valence-corrected chi connectivity index (χ2v) is 6.41. The third-order valence-electron chi connectivity index (χ3n) is 3.67. The summed E-state index contributed by atoms with van der Waals surface area (Å²) in [5, 5.41) is 12.7. The highest BCUT2D eigenvalue weighted by Crippen LogP contribution is 2.17. The third-order valence-corrected chi connectivity index (χ3v) is 4.61. The maximum Gasteiger partial charge on any atom is 0.249 e. The van der Waals surface area contributed by atoms with Crippen LogP contribution < -0.4 is 16.0 Å². The van der Waals surface area contributed by atoms with Crippen molar-refractivity contribution in [3.63, 3.8) is 0 Å². The van der Waals surface area contributed by atoms with E-state index in [1.165, 1.54) is 17.3 Å². The molecule has 2 atom stereocenters. The molecule has 2 unspecified atom stereocenters. The Balaban J connectivity index is 0.00000169. The predicted molar refractivity (Wildman–Crippen MR) is 107 cm³/mol. The van der Waals surface area contributed by atoms with Gasteiger partial charge in [-0.1, -0.05) is 0 Å². The SMILES string of the molecule is CC(C(=O)Nc1ccc(NC(=O)C2CSCN2)cc1)n1cncn1.Cl.Cl. The number of rotatable bonds is 5. The highest BCUT2D eigenvalue weighted by molar-refractivity contribution is 7.99. The van der Waals surface area contributed by atoms with E-state index in [4.69, 9.17) is 0 Å². The van der Waals surface area contributed by atoms with Crippen molar-refractivity contribution >= 4 is 59.8 Å². The first-order valence-corrected chi connectivity index (χ1v) is 8.66. The van der Waals surface area contributed by atoms with Crippen molar-refractivity contribution in [3.05, 3.63) is 36.9 Å². The van der Waals surface area contributed by atoms with Crippen LogP contribution in [0.2, 0.25) is 0 Å². The van der Waals surface area contributed by atoms with E-state index in [1.54, 1.807) is 43.0 Å². The van der Waals surface area contributed by atoms with Crippen LogP contribution in [0.15, 0.2) is 36.9 Å². The molecule has 26 heavy (non-hydrogen) atoms. The number of hydrogen-bond acceptors (Lipinski definition) is 6. The molecule has 1 aliphatic heterocycles. The van der Waals surface area contributed by atoms with Gasteiger partial charge >= 0.3 is 0 Å². The highest BCUT2D eigenvalue weighted by atomic mass is 35.5. The van der Waals surface area contributed by atoms with E-state index in [1.807, 2.05) is 0 Å². The first kappa shape index (κ1) is 22.2. The van der Waals surface area contributed by atoms with Crippen LogP contribution in [0.3, 0.4) is 0 Å². The van der Waals surface area contributed by atoms with Crippen molar-refractivity contribution in [2.24, 2.45) is 0 Å². The Morgan fingerprint density at radius 1 is 1.23 bits per heavy atom. The Labute approximate surface area is 167 Å². The summed E-state index contributed by atoms with van der Waals surface area (Å²) in [6.45, 7) is 1.74. The molecule has 0 aliphatic carbocycles. The number of amides is 2. The average molecular weight is 419 g/mol. The number of aromatic nitrogens is 3. The van der Waals surface area contributed by atoms with Gasteiger partial charge in [0.1, 0.15) is 18.7 Å². The number of anilines is 2. The molecule has 0 saturated carbocycles. The van der Waals surface area contributed by atoms with Crippen LogP contribution >= 0.6 is 36.6 Å². The maximum atomic E-state index is 12.2. The number of benzene rings is 1. The van der Waals surface area contributed by atoms with Gasteiger partial charge in [0.05, 0.1) is 6.04 Å². The molecule has 2 heterocycles. The molecule has 0 bridgehead atoms. The lowest BCUT2D eigenvalue weighted by atomic mass is 10.2. The number of hydrogen-bond donors (Lipinski definition) is 3. The molecule has 142 valence electrons. The van der Waals surface area contributed by atoms with Gasteiger partial charge in [-0.2, -0.15) is 5.10 Å². The van der Waals surface area contributed by atoms with E-state index in [2.05, 4.69) is 26.0 Å². The molecule has 0 radical (unpaired) electrons. The van der Waals surface area contributed by atoms with E-state index in [-0.39, 0.29) is 42.7 Å². The van der Waals surface area contributed by atoms with Gasteiger partial charge in [0, 0.05) is 23.0 Å². The topological polar surface area (TPSA) is 101 Å². The van der Waals surface area contributed by atoms with Crippen molar-refractivity contribution < 1.29 is 9.59 Å². The standard InChI is InChI=1S/C15H18N6O2S.2ClH/c1-10(21-8-16-7-18-21)14(22)19-11-2-4-12(5-3-11)20-15(23)13-6-24-9-17-13;;/h2-5,7-8,10,13,17H,6,9H2,1H3,(H,19,22)(H,20,23);2*1H. The minimum absolute atomic E-state index is 0. The molecule has 1 aromatic heterocycles. The van der Waals surface area contributed by atoms with E-state index in [0.717, 1.165) is 11.6 Å². The zero-order valence-electron chi connectivity index (χ0n) is 13.9. The van der Waals surface area contributed by atoms with E-state index < -0.39 is 6.04 Å². The Morgan fingerprint density at radius 3 is 2.42 bits per heavy atom. The molecule has 3 N–H and O–H groups in total. The molecule has 11 heteroatoms. The molecule has 3 rings (SSSR count). The Bertz CT molecular complexity index is 707. The summed E-state index contributed by atoms with van der Waals surface area (Å²) in [6.07, 6.45) is 2.89. The lowest BCUT2D eigenvalue weighted by Crippen LogP contribution is -2.37. The normalized spacial score (nSPS) is 16.7. The number of carbonyl (C=O) groups is 2. The minimum Gasteiger partial charge on any atom is -0.325 e. The minimum atomic E-state index is -0.460. The summed E-state index contributed by atoms with van der Waals surface area (Å²) in [5.41, 5.74) is 1.35. The molecule has 0 spiro atoms. The van der Waals surface area contributed by atoms with Crippen molar-refractivity contribution in [3.8, 4) is 0 Å². The summed E-state index contributed by atoms with van der Waals surface area (Å²) < 4.78 is 1.48.